The number of halogens is 1. The number of nitrogens with zero attached hydrogens (tertiary/aromatic N) is 1. The average Bonchev–Trinajstić information content (AvgIpc) is 3.22. The number of para-hydroxylation sites is 2. The maximum absolute atomic E-state index is 13.8. The summed E-state index contributed by atoms with van der Waals surface area (Å²) in [4.78, 5) is 29.3. The minimum atomic E-state index is -0.574. The van der Waals surface area contributed by atoms with Gasteiger partial charge in [-0.1, -0.05) is 36.0 Å². The zero-order chi connectivity index (χ0) is 23.2. The van der Waals surface area contributed by atoms with Crippen LogP contribution in [0.15, 0.2) is 71.1 Å². The Balaban J connectivity index is 1.39. The Morgan fingerprint density at radius 2 is 1.85 bits per heavy atom. The molecule has 4 rings (SSSR count). The lowest BCUT2D eigenvalue weighted by atomic mass is 10.2. The molecule has 0 atom stereocenters. The molecule has 0 aliphatic rings. The van der Waals surface area contributed by atoms with E-state index in [9.17, 15) is 14.0 Å². The van der Waals surface area contributed by atoms with Gasteiger partial charge in [0.2, 0.25) is 5.91 Å². The molecule has 3 aromatic carbocycles. The molecule has 2 N–H and O–H groups in total. The Morgan fingerprint density at radius 3 is 2.67 bits per heavy atom. The Labute approximate surface area is 198 Å². The van der Waals surface area contributed by atoms with Crippen LogP contribution in [0.4, 0.5) is 15.8 Å². The van der Waals surface area contributed by atoms with E-state index in [0.29, 0.717) is 23.7 Å². The number of carbonyl (C=O) groups excluding carboxylic acids is 2. The van der Waals surface area contributed by atoms with Gasteiger partial charge in [-0.3, -0.25) is 9.59 Å². The van der Waals surface area contributed by atoms with Crippen LogP contribution in [0.1, 0.15) is 17.3 Å². The van der Waals surface area contributed by atoms with E-state index < -0.39 is 11.7 Å². The number of thioether (sulfide) groups is 1. The lowest BCUT2D eigenvalue weighted by Crippen LogP contribution is -2.14. The highest BCUT2D eigenvalue weighted by atomic mass is 32.2. The second-order valence-corrected chi connectivity index (χ2v) is 9.12. The van der Waals surface area contributed by atoms with Crippen LogP contribution in [0.2, 0.25) is 0 Å². The fraction of sp³-hybridized carbons (Fsp3) is 0.125. The number of aromatic nitrogens is 1. The highest BCUT2D eigenvalue weighted by Gasteiger charge is 2.13. The van der Waals surface area contributed by atoms with E-state index in [1.165, 1.54) is 41.3 Å². The molecular weight excluding hydrogens is 461 g/mol. The summed E-state index contributed by atoms with van der Waals surface area (Å²) in [5.74, 6) is -0.435. The van der Waals surface area contributed by atoms with Crippen molar-refractivity contribution in [2.45, 2.75) is 11.3 Å². The number of hydrogen-bond acceptors (Lipinski definition) is 6. The van der Waals surface area contributed by atoms with E-state index in [2.05, 4.69) is 15.6 Å². The molecule has 0 aliphatic heterocycles. The fourth-order valence-corrected chi connectivity index (χ4v) is 4.96. The number of hydrogen-bond donors (Lipinski definition) is 2. The van der Waals surface area contributed by atoms with Crippen molar-refractivity contribution in [2.75, 3.05) is 23.0 Å². The normalized spacial score (nSPS) is 10.7. The van der Waals surface area contributed by atoms with Gasteiger partial charge in [0.15, 0.2) is 4.34 Å². The van der Waals surface area contributed by atoms with Crippen molar-refractivity contribution in [3.05, 3.63) is 78.1 Å². The summed E-state index contributed by atoms with van der Waals surface area (Å²) < 4.78 is 21.0. The summed E-state index contributed by atoms with van der Waals surface area (Å²) in [6, 6.07) is 18.4. The van der Waals surface area contributed by atoms with E-state index >= 15 is 0 Å². The van der Waals surface area contributed by atoms with Gasteiger partial charge in [-0.15, -0.1) is 11.3 Å². The van der Waals surface area contributed by atoms with Crippen molar-refractivity contribution >= 4 is 56.5 Å². The first-order valence-electron chi connectivity index (χ1n) is 10.1. The van der Waals surface area contributed by atoms with E-state index in [-0.39, 0.29) is 17.2 Å². The van der Waals surface area contributed by atoms with Gasteiger partial charge in [0.05, 0.1) is 33.8 Å². The molecule has 1 aromatic heterocycles. The minimum Gasteiger partial charge on any atom is -0.492 e. The molecule has 0 saturated carbocycles. The van der Waals surface area contributed by atoms with E-state index in [1.807, 2.05) is 25.1 Å². The standard InChI is InChI=1S/C24H20FN3O3S2/c1-2-31-20-10-6-5-9-18(20)27-22(29)14-32-24-28-19-12-11-15(13-21(19)33-24)26-23(30)16-7-3-4-8-17(16)25/h3-13H,2,14H2,1H3,(H,26,30)(H,27,29). The third-order valence-electron chi connectivity index (χ3n) is 4.53. The molecule has 0 aliphatic carbocycles. The summed E-state index contributed by atoms with van der Waals surface area (Å²) >= 11 is 2.75. The highest BCUT2D eigenvalue weighted by Crippen LogP contribution is 2.32. The topological polar surface area (TPSA) is 80.3 Å². The average molecular weight is 482 g/mol. The molecule has 0 fully saturated rings. The molecule has 0 unspecified atom stereocenters. The zero-order valence-electron chi connectivity index (χ0n) is 17.6. The summed E-state index contributed by atoms with van der Waals surface area (Å²) in [6.45, 7) is 2.40. The molecular formula is C24H20FN3O3S2. The fourth-order valence-electron chi connectivity index (χ4n) is 3.05. The van der Waals surface area contributed by atoms with Crippen LogP contribution < -0.4 is 15.4 Å². The molecule has 9 heteroatoms. The first-order chi connectivity index (χ1) is 16.0. The Kier molecular flexibility index (Phi) is 7.21. The molecule has 1 heterocycles. The number of anilines is 2. The van der Waals surface area contributed by atoms with Crippen LogP contribution >= 0.6 is 23.1 Å². The number of thiazole rings is 1. The number of fused-ring (bicyclic) bond motifs is 1. The van der Waals surface area contributed by atoms with Gasteiger partial charge in [0.1, 0.15) is 11.6 Å². The zero-order valence-corrected chi connectivity index (χ0v) is 19.3. The quantitative estimate of drug-likeness (QED) is 0.310. The van der Waals surface area contributed by atoms with Crippen molar-refractivity contribution in [1.29, 1.82) is 0 Å². The second-order valence-electron chi connectivity index (χ2n) is 6.86. The minimum absolute atomic E-state index is 0.0185. The van der Waals surface area contributed by atoms with Crippen LogP contribution in [0.5, 0.6) is 5.75 Å². The second kappa shape index (κ2) is 10.5. The van der Waals surface area contributed by atoms with Gasteiger partial charge in [-0.25, -0.2) is 9.37 Å². The molecule has 33 heavy (non-hydrogen) atoms. The van der Waals surface area contributed by atoms with E-state index in [4.69, 9.17) is 4.74 Å². The van der Waals surface area contributed by atoms with Crippen molar-refractivity contribution in [1.82, 2.24) is 4.98 Å². The molecule has 0 radical (unpaired) electrons. The molecule has 0 spiro atoms. The molecule has 0 bridgehead atoms. The lowest BCUT2D eigenvalue weighted by Gasteiger charge is -2.10. The van der Waals surface area contributed by atoms with Crippen LogP contribution in [0.25, 0.3) is 10.2 Å². The highest BCUT2D eigenvalue weighted by molar-refractivity contribution is 8.01. The van der Waals surface area contributed by atoms with E-state index in [0.717, 1.165) is 14.6 Å². The SMILES string of the molecule is CCOc1ccccc1NC(=O)CSc1nc2ccc(NC(=O)c3ccccc3F)cc2s1. The summed E-state index contributed by atoms with van der Waals surface area (Å²) in [6.07, 6.45) is 0. The van der Waals surface area contributed by atoms with E-state index in [1.54, 1.807) is 30.3 Å². The Bertz CT molecular complexity index is 1310. The predicted molar refractivity (Wildman–Crippen MR) is 131 cm³/mol. The van der Waals surface area contributed by atoms with Crippen molar-refractivity contribution in [2.24, 2.45) is 0 Å². The predicted octanol–water partition coefficient (Wildman–Crippen LogP) is 5.82. The lowest BCUT2D eigenvalue weighted by molar-refractivity contribution is -0.113. The number of nitrogens with one attached hydrogen (secondary N) is 2. The molecule has 4 aromatic rings. The Hall–Kier alpha value is -3.43. The monoisotopic (exact) mass is 481 g/mol. The van der Waals surface area contributed by atoms with Crippen LogP contribution in [0, 0.1) is 5.82 Å². The van der Waals surface area contributed by atoms with Crippen LogP contribution in [-0.2, 0) is 4.79 Å². The van der Waals surface area contributed by atoms with Gasteiger partial charge in [0, 0.05) is 5.69 Å². The molecule has 6 nitrogen and oxygen atoms in total. The van der Waals surface area contributed by atoms with Gasteiger partial charge < -0.3 is 15.4 Å². The summed E-state index contributed by atoms with van der Waals surface area (Å²) in [5.41, 5.74) is 1.91. The van der Waals surface area contributed by atoms with Gasteiger partial charge in [0.25, 0.3) is 5.91 Å². The summed E-state index contributed by atoms with van der Waals surface area (Å²) in [5, 5.41) is 5.57. The molecule has 0 saturated heterocycles. The van der Waals surface area contributed by atoms with Crippen molar-refractivity contribution in [3.8, 4) is 5.75 Å². The largest absolute Gasteiger partial charge is 0.492 e. The Morgan fingerprint density at radius 1 is 1.06 bits per heavy atom. The maximum Gasteiger partial charge on any atom is 0.258 e. The first kappa shape index (κ1) is 22.8. The number of rotatable bonds is 8. The van der Waals surface area contributed by atoms with Crippen molar-refractivity contribution < 1.29 is 18.7 Å². The number of amides is 2. The molecule has 2 amide bonds. The van der Waals surface area contributed by atoms with Gasteiger partial charge in [-0.2, -0.15) is 0 Å². The van der Waals surface area contributed by atoms with Crippen LogP contribution in [-0.4, -0.2) is 29.2 Å². The third kappa shape index (κ3) is 5.68. The number of carbonyl (C=O) groups is 2. The van der Waals surface area contributed by atoms with Gasteiger partial charge >= 0.3 is 0 Å². The number of ether oxygens (including phenoxy) is 1. The molecule has 168 valence electrons. The summed E-state index contributed by atoms with van der Waals surface area (Å²) in [7, 11) is 0. The third-order valence-corrected chi connectivity index (χ3v) is 6.69. The number of benzene rings is 3. The smallest absolute Gasteiger partial charge is 0.258 e. The van der Waals surface area contributed by atoms with Crippen LogP contribution in [0.3, 0.4) is 0 Å². The maximum atomic E-state index is 13.8. The van der Waals surface area contributed by atoms with Gasteiger partial charge in [-0.05, 0) is 49.4 Å². The van der Waals surface area contributed by atoms with Crippen molar-refractivity contribution in [3.63, 3.8) is 0 Å². The first-order valence-corrected chi connectivity index (χ1v) is 11.9.